The van der Waals surface area contributed by atoms with Crippen LogP contribution in [0.3, 0.4) is 0 Å². The number of H-pyrrole nitrogens is 1. The fourth-order valence-electron chi connectivity index (χ4n) is 1.36. The molecule has 0 aliphatic rings. The highest BCUT2D eigenvalue weighted by atomic mass is 32.2. The van der Waals surface area contributed by atoms with Gasteiger partial charge in [0.25, 0.3) is 0 Å². The Morgan fingerprint density at radius 3 is 3.10 bits per heavy atom. The van der Waals surface area contributed by atoms with E-state index >= 15 is 0 Å². The van der Waals surface area contributed by atoms with E-state index in [1.165, 1.54) is 23.1 Å². The van der Waals surface area contributed by atoms with Gasteiger partial charge in [-0.2, -0.15) is 10.3 Å². The van der Waals surface area contributed by atoms with Crippen molar-refractivity contribution < 1.29 is 14.3 Å². The van der Waals surface area contributed by atoms with Gasteiger partial charge in [0, 0.05) is 5.38 Å². The molecule has 0 spiro atoms. The number of hydrogen-bond acceptors (Lipinski definition) is 8. The van der Waals surface area contributed by atoms with Crippen molar-refractivity contribution in [2.75, 3.05) is 17.7 Å². The molecular weight excluding hydrogens is 314 g/mol. The number of thiazole rings is 1. The van der Waals surface area contributed by atoms with Crippen LogP contribution in [0.2, 0.25) is 0 Å². The van der Waals surface area contributed by atoms with E-state index in [0.29, 0.717) is 22.5 Å². The van der Waals surface area contributed by atoms with Gasteiger partial charge in [0.15, 0.2) is 5.13 Å². The predicted octanol–water partition coefficient (Wildman–Crippen LogP) is 1.10. The number of aromatic nitrogens is 4. The highest BCUT2D eigenvalue weighted by molar-refractivity contribution is 7.99. The van der Waals surface area contributed by atoms with Crippen molar-refractivity contribution in [3.63, 3.8) is 0 Å². The highest BCUT2D eigenvalue weighted by Crippen LogP contribution is 2.18. The van der Waals surface area contributed by atoms with E-state index in [-0.39, 0.29) is 24.1 Å². The molecule has 0 aliphatic carbocycles. The minimum absolute atomic E-state index is 0.105. The Morgan fingerprint density at radius 1 is 1.52 bits per heavy atom. The molecule has 2 rings (SSSR count). The van der Waals surface area contributed by atoms with Gasteiger partial charge in [0.1, 0.15) is 5.03 Å². The first-order valence-electron chi connectivity index (χ1n) is 6.06. The van der Waals surface area contributed by atoms with Crippen LogP contribution >= 0.6 is 23.1 Å². The number of carbonyl (C=O) groups excluding carboxylic acids is 2. The first kappa shape index (κ1) is 15.4. The first-order chi connectivity index (χ1) is 10.2. The lowest BCUT2D eigenvalue weighted by Crippen LogP contribution is -2.14. The lowest BCUT2D eigenvalue weighted by Gasteiger charge is -2.00. The zero-order valence-corrected chi connectivity index (χ0v) is 12.8. The normalized spacial score (nSPS) is 10.3. The first-order valence-corrected chi connectivity index (χ1v) is 7.92. The Bertz CT molecular complexity index is 599. The average molecular weight is 327 g/mol. The molecule has 0 saturated carbocycles. The van der Waals surface area contributed by atoms with Gasteiger partial charge in [-0.3, -0.25) is 9.59 Å². The summed E-state index contributed by atoms with van der Waals surface area (Å²) >= 11 is 2.53. The second kappa shape index (κ2) is 7.74. The van der Waals surface area contributed by atoms with E-state index in [1.807, 2.05) is 0 Å². The SMILES string of the molecule is CCOC(=O)Cc1csc(NC(=O)CSc2cn[nH]n2)n1. The van der Waals surface area contributed by atoms with Gasteiger partial charge in [-0.1, -0.05) is 11.8 Å². The van der Waals surface area contributed by atoms with Crippen molar-refractivity contribution in [2.24, 2.45) is 0 Å². The van der Waals surface area contributed by atoms with Crippen molar-refractivity contribution in [3.05, 3.63) is 17.3 Å². The van der Waals surface area contributed by atoms with Gasteiger partial charge >= 0.3 is 5.97 Å². The molecule has 0 bridgehead atoms. The van der Waals surface area contributed by atoms with Gasteiger partial charge in [-0.25, -0.2) is 4.98 Å². The van der Waals surface area contributed by atoms with E-state index in [2.05, 4.69) is 25.7 Å². The van der Waals surface area contributed by atoms with Crippen LogP contribution < -0.4 is 5.32 Å². The van der Waals surface area contributed by atoms with Gasteiger partial charge in [0.2, 0.25) is 5.91 Å². The van der Waals surface area contributed by atoms with Crippen molar-refractivity contribution in [3.8, 4) is 0 Å². The zero-order valence-electron chi connectivity index (χ0n) is 11.2. The molecule has 1 amide bonds. The fourth-order valence-corrected chi connectivity index (χ4v) is 2.67. The number of carbonyl (C=O) groups is 2. The third kappa shape index (κ3) is 5.16. The minimum Gasteiger partial charge on any atom is -0.466 e. The largest absolute Gasteiger partial charge is 0.466 e. The topological polar surface area (TPSA) is 110 Å². The second-order valence-corrected chi connectivity index (χ2v) is 5.62. The summed E-state index contributed by atoms with van der Waals surface area (Å²) in [4.78, 5) is 27.2. The van der Waals surface area contributed by atoms with Gasteiger partial charge in [0.05, 0.1) is 30.7 Å². The molecule has 2 aromatic heterocycles. The van der Waals surface area contributed by atoms with E-state index in [4.69, 9.17) is 4.74 Å². The summed E-state index contributed by atoms with van der Waals surface area (Å²) in [5.41, 5.74) is 0.581. The Labute approximate surface area is 128 Å². The summed E-state index contributed by atoms with van der Waals surface area (Å²) in [6.07, 6.45) is 1.65. The van der Waals surface area contributed by atoms with E-state index in [0.717, 1.165) is 0 Å². The Morgan fingerprint density at radius 2 is 2.38 bits per heavy atom. The lowest BCUT2D eigenvalue weighted by atomic mass is 10.3. The molecule has 21 heavy (non-hydrogen) atoms. The van der Waals surface area contributed by atoms with Gasteiger partial charge in [-0.15, -0.1) is 16.4 Å². The van der Waals surface area contributed by atoms with E-state index in [1.54, 1.807) is 18.5 Å². The maximum Gasteiger partial charge on any atom is 0.311 e. The number of ether oxygens (including phenoxy) is 1. The van der Waals surface area contributed by atoms with Crippen LogP contribution in [0.25, 0.3) is 0 Å². The second-order valence-electron chi connectivity index (χ2n) is 3.77. The highest BCUT2D eigenvalue weighted by Gasteiger charge is 2.11. The molecule has 2 heterocycles. The third-order valence-electron chi connectivity index (χ3n) is 2.17. The van der Waals surface area contributed by atoms with Crippen molar-refractivity contribution in [1.29, 1.82) is 0 Å². The summed E-state index contributed by atoms with van der Waals surface area (Å²) in [5.74, 6) is -0.318. The Balaban J connectivity index is 1.78. The molecule has 0 radical (unpaired) electrons. The molecular formula is C11H13N5O3S2. The summed E-state index contributed by atoms with van der Waals surface area (Å²) < 4.78 is 4.84. The van der Waals surface area contributed by atoms with Crippen LogP contribution in [0.4, 0.5) is 5.13 Å². The summed E-state index contributed by atoms with van der Waals surface area (Å²) in [6.45, 7) is 2.09. The predicted molar refractivity (Wildman–Crippen MR) is 78.2 cm³/mol. The van der Waals surface area contributed by atoms with Crippen molar-refractivity contribution >= 4 is 40.1 Å². The molecule has 8 nitrogen and oxygen atoms in total. The number of thioether (sulfide) groups is 1. The molecule has 112 valence electrons. The number of rotatable bonds is 7. The number of amides is 1. The molecule has 0 atom stereocenters. The van der Waals surface area contributed by atoms with Crippen LogP contribution in [0.5, 0.6) is 0 Å². The number of anilines is 1. The van der Waals surface area contributed by atoms with Crippen LogP contribution in [0.1, 0.15) is 12.6 Å². The van der Waals surface area contributed by atoms with Gasteiger partial charge < -0.3 is 10.1 Å². The zero-order chi connectivity index (χ0) is 15.1. The standard InChI is InChI=1S/C11H13N5O3S2/c1-2-19-10(18)3-7-5-21-11(13-7)14-8(17)6-20-9-4-12-16-15-9/h4-5H,2-3,6H2,1H3,(H,12,15,16)(H,13,14,17). The number of hydrogen-bond donors (Lipinski definition) is 2. The summed E-state index contributed by atoms with van der Waals surface area (Å²) in [7, 11) is 0. The summed E-state index contributed by atoms with van der Waals surface area (Å²) in [5, 5.41) is 15.4. The molecule has 2 N–H and O–H groups in total. The maximum atomic E-state index is 11.7. The van der Waals surface area contributed by atoms with E-state index < -0.39 is 0 Å². The monoisotopic (exact) mass is 327 g/mol. The molecule has 0 fully saturated rings. The molecule has 10 heteroatoms. The number of nitrogens with one attached hydrogen (secondary N) is 2. The van der Waals surface area contributed by atoms with Gasteiger partial charge in [-0.05, 0) is 6.92 Å². The summed E-state index contributed by atoms with van der Waals surface area (Å²) in [6, 6.07) is 0. The number of aromatic amines is 1. The van der Waals surface area contributed by atoms with Crippen LogP contribution in [0, 0.1) is 0 Å². The molecule has 2 aromatic rings. The minimum atomic E-state index is -0.331. The fraction of sp³-hybridized carbons (Fsp3) is 0.364. The van der Waals surface area contributed by atoms with E-state index in [9.17, 15) is 9.59 Å². The molecule has 0 unspecified atom stereocenters. The van der Waals surface area contributed by atoms with Crippen LogP contribution in [-0.2, 0) is 20.7 Å². The number of esters is 1. The third-order valence-corrected chi connectivity index (χ3v) is 3.88. The molecule has 0 saturated heterocycles. The van der Waals surface area contributed by atoms with Crippen molar-refractivity contribution in [2.45, 2.75) is 18.4 Å². The number of nitrogens with zero attached hydrogens (tertiary/aromatic N) is 3. The Hall–Kier alpha value is -1.94. The molecule has 0 aromatic carbocycles. The maximum absolute atomic E-state index is 11.7. The quantitative estimate of drug-likeness (QED) is 0.578. The van der Waals surface area contributed by atoms with Crippen LogP contribution in [-0.4, -0.2) is 44.6 Å². The Kier molecular flexibility index (Phi) is 5.69. The van der Waals surface area contributed by atoms with Crippen LogP contribution in [0.15, 0.2) is 16.6 Å². The molecule has 0 aliphatic heterocycles. The average Bonchev–Trinajstić information content (AvgIpc) is 3.08. The lowest BCUT2D eigenvalue weighted by molar-refractivity contribution is -0.142. The van der Waals surface area contributed by atoms with Crippen molar-refractivity contribution in [1.82, 2.24) is 20.4 Å². The smallest absolute Gasteiger partial charge is 0.311 e.